The zero-order chi connectivity index (χ0) is 15.4. The number of nitro groups is 1. The highest BCUT2D eigenvalue weighted by atomic mass is 16.6. The molecule has 1 saturated heterocycles. The van der Waals surface area contributed by atoms with Gasteiger partial charge in [-0.2, -0.15) is 5.26 Å². The molecule has 0 bridgehead atoms. The molecule has 110 valence electrons. The number of carbonyl (C=O) groups excluding carboxylic acids is 1. The van der Waals surface area contributed by atoms with Crippen LogP contribution in [0.25, 0.3) is 0 Å². The van der Waals surface area contributed by atoms with Gasteiger partial charge in [0.25, 0.3) is 5.69 Å². The van der Waals surface area contributed by atoms with Crippen LogP contribution < -0.4 is 10.2 Å². The Morgan fingerprint density at radius 3 is 2.67 bits per heavy atom. The first-order valence-corrected chi connectivity index (χ1v) is 6.72. The second-order valence-corrected chi connectivity index (χ2v) is 5.03. The number of amides is 1. The highest BCUT2D eigenvalue weighted by Crippen LogP contribution is 2.27. The molecule has 1 N–H and O–H groups in total. The van der Waals surface area contributed by atoms with Crippen LogP contribution >= 0.6 is 0 Å². The van der Waals surface area contributed by atoms with E-state index in [1.54, 1.807) is 6.07 Å². The van der Waals surface area contributed by atoms with Crippen molar-refractivity contribution in [1.29, 1.82) is 5.26 Å². The van der Waals surface area contributed by atoms with Crippen molar-refractivity contribution in [2.45, 2.75) is 25.8 Å². The smallest absolute Gasteiger partial charge is 0.270 e. The van der Waals surface area contributed by atoms with Crippen molar-refractivity contribution >= 4 is 17.3 Å². The van der Waals surface area contributed by atoms with Crippen LogP contribution in [-0.4, -0.2) is 30.0 Å². The van der Waals surface area contributed by atoms with Gasteiger partial charge in [0.15, 0.2) is 0 Å². The van der Waals surface area contributed by atoms with Crippen molar-refractivity contribution in [3.05, 3.63) is 33.9 Å². The minimum Gasteiger partial charge on any atom is -0.370 e. The van der Waals surface area contributed by atoms with E-state index < -0.39 is 4.92 Å². The van der Waals surface area contributed by atoms with Gasteiger partial charge in [-0.25, -0.2) is 0 Å². The van der Waals surface area contributed by atoms with Crippen molar-refractivity contribution in [1.82, 2.24) is 5.32 Å². The normalized spacial score (nSPS) is 15.3. The fourth-order valence-electron chi connectivity index (χ4n) is 2.56. The molecule has 0 atom stereocenters. The molecule has 0 aromatic heterocycles. The molecule has 1 amide bonds. The summed E-state index contributed by atoms with van der Waals surface area (Å²) in [5, 5.41) is 22.8. The van der Waals surface area contributed by atoms with Crippen LogP contribution in [0, 0.1) is 21.4 Å². The summed E-state index contributed by atoms with van der Waals surface area (Å²) in [4.78, 5) is 23.3. The molecule has 0 spiro atoms. The third-order valence-corrected chi connectivity index (χ3v) is 3.55. The van der Waals surface area contributed by atoms with Crippen LogP contribution in [0.3, 0.4) is 0 Å². The molecule has 0 aliphatic carbocycles. The number of nitro benzene ring substituents is 1. The van der Waals surface area contributed by atoms with E-state index in [4.69, 9.17) is 5.26 Å². The van der Waals surface area contributed by atoms with Crippen LogP contribution in [-0.2, 0) is 4.79 Å². The lowest BCUT2D eigenvalue weighted by molar-refractivity contribution is -0.384. The van der Waals surface area contributed by atoms with Crippen LogP contribution in [0.2, 0.25) is 0 Å². The summed E-state index contributed by atoms with van der Waals surface area (Å²) in [6.07, 6.45) is 1.59. The van der Waals surface area contributed by atoms with Crippen LogP contribution in [0.1, 0.15) is 25.3 Å². The molecule has 7 heteroatoms. The maximum atomic E-state index is 11.0. The fraction of sp³-hybridized carbons (Fsp3) is 0.429. The molecule has 0 radical (unpaired) electrons. The first-order valence-electron chi connectivity index (χ1n) is 6.72. The lowest BCUT2D eigenvalue weighted by Gasteiger charge is -2.34. The van der Waals surface area contributed by atoms with E-state index in [1.807, 2.05) is 11.0 Å². The van der Waals surface area contributed by atoms with Crippen molar-refractivity contribution in [3.63, 3.8) is 0 Å². The maximum absolute atomic E-state index is 11.0. The molecular formula is C14H16N4O3. The number of rotatable bonds is 3. The van der Waals surface area contributed by atoms with Gasteiger partial charge in [-0.15, -0.1) is 0 Å². The molecule has 1 heterocycles. The van der Waals surface area contributed by atoms with Gasteiger partial charge < -0.3 is 10.2 Å². The topological polar surface area (TPSA) is 99.3 Å². The Labute approximate surface area is 122 Å². The van der Waals surface area contributed by atoms with Crippen molar-refractivity contribution < 1.29 is 9.72 Å². The molecule has 0 unspecified atom stereocenters. The monoisotopic (exact) mass is 288 g/mol. The Bertz CT molecular complexity index is 601. The Morgan fingerprint density at radius 2 is 2.14 bits per heavy atom. The predicted molar refractivity (Wildman–Crippen MR) is 76.9 cm³/mol. The van der Waals surface area contributed by atoms with E-state index in [0.717, 1.165) is 12.8 Å². The highest BCUT2D eigenvalue weighted by Gasteiger charge is 2.22. The van der Waals surface area contributed by atoms with E-state index in [-0.39, 0.29) is 17.6 Å². The van der Waals surface area contributed by atoms with Gasteiger partial charge >= 0.3 is 0 Å². The Hall–Kier alpha value is -2.62. The summed E-state index contributed by atoms with van der Waals surface area (Å²) >= 11 is 0. The zero-order valence-corrected chi connectivity index (χ0v) is 11.7. The first kappa shape index (κ1) is 14.8. The second kappa shape index (κ2) is 6.22. The van der Waals surface area contributed by atoms with Crippen LogP contribution in [0.5, 0.6) is 0 Å². The predicted octanol–water partition coefficient (Wildman–Crippen LogP) is 1.57. The Kier molecular flexibility index (Phi) is 4.38. The minimum absolute atomic E-state index is 0.0403. The number of hydrogen-bond acceptors (Lipinski definition) is 5. The lowest BCUT2D eigenvalue weighted by Crippen LogP contribution is -2.44. The summed E-state index contributed by atoms with van der Waals surface area (Å²) in [5.74, 6) is -0.0403. The summed E-state index contributed by atoms with van der Waals surface area (Å²) in [7, 11) is 0. The second-order valence-electron chi connectivity index (χ2n) is 5.03. The van der Waals surface area contributed by atoms with Gasteiger partial charge in [-0.1, -0.05) is 0 Å². The third-order valence-electron chi connectivity index (χ3n) is 3.55. The van der Waals surface area contributed by atoms with Gasteiger partial charge in [-0.3, -0.25) is 14.9 Å². The van der Waals surface area contributed by atoms with Crippen molar-refractivity contribution in [2.75, 3.05) is 18.0 Å². The van der Waals surface area contributed by atoms with Crippen LogP contribution in [0.15, 0.2) is 18.2 Å². The number of anilines is 1. The van der Waals surface area contributed by atoms with Gasteiger partial charge in [0.05, 0.1) is 16.2 Å². The quantitative estimate of drug-likeness (QED) is 0.672. The Morgan fingerprint density at radius 1 is 1.48 bits per heavy atom. The van der Waals surface area contributed by atoms with Gasteiger partial charge in [0.2, 0.25) is 5.91 Å². The number of benzene rings is 1. The van der Waals surface area contributed by atoms with Gasteiger partial charge in [0.1, 0.15) is 6.07 Å². The lowest BCUT2D eigenvalue weighted by atomic mass is 10.0. The number of nitrogens with zero attached hydrogens (tertiary/aromatic N) is 3. The number of carbonyl (C=O) groups is 1. The van der Waals surface area contributed by atoms with Crippen molar-refractivity contribution in [3.8, 4) is 6.07 Å². The maximum Gasteiger partial charge on any atom is 0.270 e. The molecule has 7 nitrogen and oxygen atoms in total. The molecular weight excluding hydrogens is 272 g/mol. The standard InChI is InChI=1S/C14H16N4O3/c1-10(19)16-12-4-6-17(7-5-12)14-3-2-13(18(20)21)8-11(14)9-15/h2-3,8,12H,4-7H2,1H3,(H,16,19). The van der Waals surface area contributed by atoms with Crippen molar-refractivity contribution in [2.24, 2.45) is 0 Å². The molecule has 1 aliphatic rings. The highest BCUT2D eigenvalue weighted by molar-refractivity contribution is 5.73. The van der Waals surface area contributed by atoms with E-state index in [1.165, 1.54) is 19.1 Å². The molecule has 2 rings (SSSR count). The molecule has 21 heavy (non-hydrogen) atoms. The summed E-state index contributed by atoms with van der Waals surface area (Å²) in [6.45, 7) is 2.91. The SMILES string of the molecule is CC(=O)NC1CCN(c2ccc([N+](=O)[O-])cc2C#N)CC1. The number of non-ortho nitro benzene ring substituents is 1. The van der Waals surface area contributed by atoms with Gasteiger partial charge in [0, 0.05) is 38.2 Å². The number of nitrogens with one attached hydrogen (secondary N) is 1. The molecule has 1 fully saturated rings. The Balaban J connectivity index is 2.12. The average Bonchev–Trinajstić information content (AvgIpc) is 2.46. The number of nitriles is 1. The summed E-state index contributed by atoms with van der Waals surface area (Å²) in [6, 6.07) is 6.50. The molecule has 0 saturated carbocycles. The molecule has 1 aromatic rings. The molecule has 1 aromatic carbocycles. The number of hydrogen-bond donors (Lipinski definition) is 1. The largest absolute Gasteiger partial charge is 0.370 e. The minimum atomic E-state index is -0.506. The number of piperidine rings is 1. The van der Waals surface area contributed by atoms with E-state index in [2.05, 4.69) is 5.32 Å². The summed E-state index contributed by atoms with van der Waals surface area (Å²) < 4.78 is 0. The van der Waals surface area contributed by atoms with E-state index >= 15 is 0 Å². The summed E-state index contributed by atoms with van der Waals surface area (Å²) in [5.41, 5.74) is 0.940. The fourth-order valence-corrected chi connectivity index (χ4v) is 2.56. The average molecular weight is 288 g/mol. The van der Waals surface area contributed by atoms with E-state index in [0.29, 0.717) is 24.3 Å². The first-order chi connectivity index (χ1) is 10.0. The third kappa shape index (κ3) is 3.48. The van der Waals surface area contributed by atoms with Gasteiger partial charge in [-0.05, 0) is 18.9 Å². The zero-order valence-electron chi connectivity index (χ0n) is 11.7. The molecule has 1 aliphatic heterocycles. The van der Waals surface area contributed by atoms with Crippen LogP contribution in [0.4, 0.5) is 11.4 Å². The van der Waals surface area contributed by atoms with E-state index in [9.17, 15) is 14.9 Å².